The van der Waals surface area contributed by atoms with E-state index in [1.54, 1.807) is 0 Å². The van der Waals surface area contributed by atoms with Crippen LogP contribution < -0.4 is 0 Å². The van der Waals surface area contributed by atoms with Gasteiger partial charge in [0.2, 0.25) is 0 Å². The highest BCUT2D eigenvalue weighted by atomic mass is 14.7. The Balaban J connectivity index is 2.53. The highest BCUT2D eigenvalue weighted by Crippen LogP contribution is 2.27. The highest BCUT2D eigenvalue weighted by molar-refractivity contribution is 5.79. The molecule has 1 aromatic carbocycles. The van der Waals surface area contributed by atoms with Crippen molar-refractivity contribution in [2.24, 2.45) is 10.4 Å². The highest BCUT2D eigenvalue weighted by Gasteiger charge is 2.12. The summed E-state index contributed by atoms with van der Waals surface area (Å²) in [6.45, 7) is 4.30. The molecule has 0 atom stereocenters. The van der Waals surface area contributed by atoms with E-state index in [0.717, 1.165) is 5.69 Å². The summed E-state index contributed by atoms with van der Waals surface area (Å²) < 4.78 is 0. The number of benzene rings is 1. The van der Waals surface area contributed by atoms with Gasteiger partial charge in [-0.15, -0.1) is 0 Å². The molecule has 1 heterocycles. The normalized spacial score (nSPS) is 18.0. The van der Waals surface area contributed by atoms with Gasteiger partial charge in [0.05, 0.1) is 5.69 Å². The number of fused-ring (bicyclic) bond motifs is 1. The summed E-state index contributed by atoms with van der Waals surface area (Å²) in [7, 11) is 0. The Labute approximate surface area is 78.8 Å². The molecule has 0 aromatic heterocycles. The molecule has 0 aliphatic carbocycles. The molecule has 1 aromatic rings. The second kappa shape index (κ2) is 2.84. The van der Waals surface area contributed by atoms with E-state index in [2.05, 4.69) is 37.1 Å². The van der Waals surface area contributed by atoms with Crippen LogP contribution in [0.2, 0.25) is 0 Å². The van der Waals surface area contributed by atoms with Gasteiger partial charge in [-0.2, -0.15) is 0 Å². The lowest BCUT2D eigenvalue weighted by Crippen LogP contribution is -2.07. The number of para-hydroxylation sites is 1. The Hall–Kier alpha value is -1.37. The van der Waals surface area contributed by atoms with Crippen molar-refractivity contribution in [2.45, 2.75) is 13.8 Å². The van der Waals surface area contributed by atoms with E-state index in [9.17, 15) is 0 Å². The van der Waals surface area contributed by atoms with E-state index in [1.165, 1.54) is 5.56 Å². The summed E-state index contributed by atoms with van der Waals surface area (Å²) in [6, 6.07) is 8.18. The minimum atomic E-state index is 0.0685. The van der Waals surface area contributed by atoms with Gasteiger partial charge < -0.3 is 0 Å². The zero-order valence-corrected chi connectivity index (χ0v) is 7.99. The van der Waals surface area contributed by atoms with Gasteiger partial charge >= 0.3 is 0 Å². The van der Waals surface area contributed by atoms with Crippen molar-refractivity contribution >= 4 is 18.0 Å². The SMILES string of the molecule is CC1(C)C=Cc2ccccc2N=C1. The lowest BCUT2D eigenvalue weighted by atomic mass is 9.95. The number of hydrogen-bond acceptors (Lipinski definition) is 1. The van der Waals surface area contributed by atoms with E-state index in [4.69, 9.17) is 0 Å². The second-order valence-electron chi connectivity index (χ2n) is 3.97. The van der Waals surface area contributed by atoms with Crippen molar-refractivity contribution in [2.75, 3.05) is 0 Å². The van der Waals surface area contributed by atoms with Gasteiger partial charge in [0.1, 0.15) is 0 Å². The minimum Gasteiger partial charge on any atom is -0.260 e. The number of allylic oxidation sites excluding steroid dienone is 1. The second-order valence-corrected chi connectivity index (χ2v) is 3.97. The third-order valence-corrected chi connectivity index (χ3v) is 2.17. The van der Waals surface area contributed by atoms with Crippen LogP contribution in [-0.2, 0) is 0 Å². The van der Waals surface area contributed by atoms with Crippen molar-refractivity contribution in [3.05, 3.63) is 35.9 Å². The average Bonchev–Trinajstić information content (AvgIpc) is 2.27. The molecule has 0 unspecified atom stereocenters. The first-order chi connectivity index (χ1) is 6.17. The van der Waals surface area contributed by atoms with Crippen LogP contribution in [0.15, 0.2) is 35.3 Å². The first-order valence-corrected chi connectivity index (χ1v) is 4.51. The minimum absolute atomic E-state index is 0.0685. The first kappa shape index (κ1) is 8.24. The molecule has 0 radical (unpaired) electrons. The van der Waals surface area contributed by atoms with E-state index in [1.807, 2.05) is 24.4 Å². The molecule has 1 aliphatic heterocycles. The van der Waals surface area contributed by atoms with Crippen LogP contribution in [0.3, 0.4) is 0 Å². The first-order valence-electron chi connectivity index (χ1n) is 4.51. The fraction of sp³-hybridized carbons (Fsp3) is 0.250. The Morgan fingerprint density at radius 1 is 1.15 bits per heavy atom. The van der Waals surface area contributed by atoms with Crippen LogP contribution in [0.4, 0.5) is 5.69 Å². The maximum atomic E-state index is 4.45. The lowest BCUT2D eigenvalue weighted by Gasteiger charge is -2.10. The summed E-state index contributed by atoms with van der Waals surface area (Å²) in [4.78, 5) is 4.45. The number of rotatable bonds is 0. The van der Waals surface area contributed by atoms with Gasteiger partial charge in [-0.3, -0.25) is 4.99 Å². The van der Waals surface area contributed by atoms with Crippen LogP contribution in [0.1, 0.15) is 19.4 Å². The lowest BCUT2D eigenvalue weighted by molar-refractivity contribution is 0.699. The van der Waals surface area contributed by atoms with Gasteiger partial charge in [0.15, 0.2) is 0 Å². The molecule has 0 saturated heterocycles. The van der Waals surface area contributed by atoms with Crippen LogP contribution in [0, 0.1) is 5.41 Å². The van der Waals surface area contributed by atoms with Crippen LogP contribution in [0.25, 0.3) is 6.08 Å². The predicted octanol–water partition coefficient (Wildman–Crippen LogP) is 3.44. The molecule has 2 rings (SSSR count). The molecule has 0 fully saturated rings. The molecular formula is C12H13N. The average molecular weight is 171 g/mol. The third-order valence-electron chi connectivity index (χ3n) is 2.17. The quantitative estimate of drug-likeness (QED) is 0.567. The molecule has 13 heavy (non-hydrogen) atoms. The Bertz CT molecular complexity index is 337. The van der Waals surface area contributed by atoms with Crippen LogP contribution in [0.5, 0.6) is 0 Å². The smallest absolute Gasteiger partial charge is 0.0698 e. The van der Waals surface area contributed by atoms with Gasteiger partial charge in [-0.1, -0.05) is 44.2 Å². The van der Waals surface area contributed by atoms with E-state index in [0.29, 0.717) is 0 Å². The molecule has 1 heteroatoms. The number of aliphatic imine (C=N–C) groups is 1. The van der Waals surface area contributed by atoms with Crippen molar-refractivity contribution in [3.8, 4) is 0 Å². The Morgan fingerprint density at radius 3 is 2.77 bits per heavy atom. The van der Waals surface area contributed by atoms with Crippen LogP contribution in [-0.4, -0.2) is 6.21 Å². The zero-order chi connectivity index (χ0) is 9.31. The fourth-order valence-corrected chi connectivity index (χ4v) is 1.33. The van der Waals surface area contributed by atoms with Gasteiger partial charge in [-0.25, -0.2) is 0 Å². The largest absolute Gasteiger partial charge is 0.260 e. The number of nitrogens with zero attached hydrogens (tertiary/aromatic N) is 1. The van der Waals surface area contributed by atoms with Gasteiger partial charge in [0, 0.05) is 11.6 Å². The molecule has 0 bridgehead atoms. The Morgan fingerprint density at radius 2 is 1.92 bits per heavy atom. The summed E-state index contributed by atoms with van der Waals surface area (Å²) in [6.07, 6.45) is 6.32. The summed E-state index contributed by atoms with van der Waals surface area (Å²) in [5.41, 5.74) is 2.33. The summed E-state index contributed by atoms with van der Waals surface area (Å²) in [5.74, 6) is 0. The number of hydrogen-bond donors (Lipinski definition) is 0. The molecule has 0 saturated carbocycles. The van der Waals surface area contributed by atoms with Gasteiger partial charge in [0.25, 0.3) is 0 Å². The molecule has 0 N–H and O–H groups in total. The van der Waals surface area contributed by atoms with E-state index < -0.39 is 0 Å². The molecule has 0 spiro atoms. The molecule has 1 nitrogen and oxygen atoms in total. The predicted molar refractivity (Wildman–Crippen MR) is 57.4 cm³/mol. The topological polar surface area (TPSA) is 12.4 Å². The van der Waals surface area contributed by atoms with Crippen molar-refractivity contribution in [1.82, 2.24) is 0 Å². The fourth-order valence-electron chi connectivity index (χ4n) is 1.33. The van der Waals surface area contributed by atoms with Gasteiger partial charge in [-0.05, 0) is 11.6 Å². The molecular weight excluding hydrogens is 158 g/mol. The summed E-state index contributed by atoms with van der Waals surface area (Å²) >= 11 is 0. The molecule has 0 amide bonds. The summed E-state index contributed by atoms with van der Waals surface area (Å²) in [5, 5.41) is 0. The van der Waals surface area contributed by atoms with Crippen LogP contribution >= 0.6 is 0 Å². The van der Waals surface area contributed by atoms with E-state index >= 15 is 0 Å². The Kier molecular flexibility index (Phi) is 1.80. The van der Waals surface area contributed by atoms with Crippen molar-refractivity contribution in [1.29, 1.82) is 0 Å². The maximum absolute atomic E-state index is 4.45. The third kappa shape index (κ3) is 1.69. The standard InChI is InChI=1S/C12H13N/c1-12(2)8-7-10-5-3-4-6-11(10)13-9-12/h3-9H,1-2H3. The molecule has 1 aliphatic rings. The molecule has 66 valence electrons. The monoisotopic (exact) mass is 171 g/mol. The zero-order valence-electron chi connectivity index (χ0n) is 7.99. The van der Waals surface area contributed by atoms with Crippen molar-refractivity contribution in [3.63, 3.8) is 0 Å². The maximum Gasteiger partial charge on any atom is 0.0698 e. The van der Waals surface area contributed by atoms with E-state index in [-0.39, 0.29) is 5.41 Å². The van der Waals surface area contributed by atoms with Crippen molar-refractivity contribution < 1.29 is 0 Å².